The van der Waals surface area contributed by atoms with Crippen molar-refractivity contribution in [1.29, 1.82) is 0 Å². The molecule has 1 atom stereocenters. The number of aryl methyl sites for hydroxylation is 1. The lowest BCUT2D eigenvalue weighted by atomic mass is 9.98. The van der Waals surface area contributed by atoms with E-state index in [9.17, 15) is 14.4 Å². The normalized spacial score (nSPS) is 13.5. The third kappa shape index (κ3) is 6.74. The number of fused-ring (bicyclic) bond motifs is 1. The molecular weight excluding hydrogens is 548 g/mol. The Morgan fingerprint density at radius 3 is 2.40 bits per heavy atom. The number of carbonyl (C=O) groups excluding carboxylic acids is 3. The van der Waals surface area contributed by atoms with Crippen LogP contribution in [0.25, 0.3) is 10.8 Å². The van der Waals surface area contributed by atoms with Crippen molar-refractivity contribution < 1.29 is 14.4 Å². The fourth-order valence-corrected chi connectivity index (χ4v) is 5.79. The zero-order valence-electron chi connectivity index (χ0n) is 23.9. The molecule has 0 spiro atoms. The third-order valence-corrected chi connectivity index (χ3v) is 8.05. The summed E-state index contributed by atoms with van der Waals surface area (Å²) in [5.41, 5.74) is 3.96. The third-order valence-electron chi connectivity index (χ3n) is 7.74. The van der Waals surface area contributed by atoms with Crippen LogP contribution >= 0.6 is 11.6 Å². The van der Waals surface area contributed by atoms with E-state index in [1.165, 1.54) is 0 Å². The predicted molar refractivity (Wildman–Crippen MR) is 170 cm³/mol. The van der Waals surface area contributed by atoms with E-state index in [0.29, 0.717) is 28.3 Å². The number of rotatable bonds is 9. The maximum atomic E-state index is 13.5. The van der Waals surface area contributed by atoms with Crippen molar-refractivity contribution in [3.05, 3.63) is 106 Å². The molecule has 7 nitrogen and oxygen atoms in total. The summed E-state index contributed by atoms with van der Waals surface area (Å²) < 4.78 is 0. The number of para-hydroxylation sites is 1. The maximum Gasteiger partial charge on any atom is 0.256 e. The number of carbonyl (C=O) groups is 3. The molecule has 1 fully saturated rings. The predicted octanol–water partition coefficient (Wildman–Crippen LogP) is 6.13. The topological polar surface area (TPSA) is 90.5 Å². The summed E-state index contributed by atoms with van der Waals surface area (Å²) in [7, 11) is 1.58. The Kier molecular flexibility index (Phi) is 9.08. The monoisotopic (exact) mass is 582 g/mol. The van der Waals surface area contributed by atoms with Gasteiger partial charge in [-0.25, -0.2) is 0 Å². The molecule has 216 valence electrons. The van der Waals surface area contributed by atoms with Gasteiger partial charge in [0.15, 0.2) is 0 Å². The number of hydrogen-bond donors (Lipinski definition) is 3. The van der Waals surface area contributed by atoms with Gasteiger partial charge in [0.1, 0.15) is 0 Å². The van der Waals surface area contributed by atoms with E-state index >= 15 is 0 Å². The minimum absolute atomic E-state index is 0.127. The highest BCUT2D eigenvalue weighted by Gasteiger charge is 2.22. The Balaban J connectivity index is 1.35. The molecule has 0 aliphatic carbocycles. The summed E-state index contributed by atoms with van der Waals surface area (Å²) in [6.45, 7) is 3.61. The second-order valence-electron chi connectivity index (χ2n) is 10.7. The van der Waals surface area contributed by atoms with Crippen molar-refractivity contribution in [2.45, 2.75) is 38.6 Å². The van der Waals surface area contributed by atoms with E-state index in [2.05, 4.69) is 26.9 Å². The van der Waals surface area contributed by atoms with Crippen molar-refractivity contribution >= 4 is 51.5 Å². The summed E-state index contributed by atoms with van der Waals surface area (Å²) in [5, 5.41) is 11.5. The van der Waals surface area contributed by atoms with Crippen LogP contribution in [-0.4, -0.2) is 43.9 Å². The van der Waals surface area contributed by atoms with Gasteiger partial charge >= 0.3 is 0 Å². The molecule has 0 saturated carbocycles. The van der Waals surface area contributed by atoms with E-state index in [1.807, 2.05) is 61.5 Å². The first-order valence-corrected chi connectivity index (χ1v) is 14.6. The summed E-state index contributed by atoms with van der Waals surface area (Å²) in [6, 6.07) is 24.3. The summed E-state index contributed by atoms with van der Waals surface area (Å²) in [4.78, 5) is 41.4. The second-order valence-corrected chi connectivity index (χ2v) is 11.2. The van der Waals surface area contributed by atoms with E-state index in [1.54, 1.807) is 25.2 Å². The number of hydrogen-bond acceptors (Lipinski definition) is 4. The highest BCUT2D eigenvalue weighted by molar-refractivity contribution is 6.34. The number of anilines is 2. The Morgan fingerprint density at radius 2 is 1.64 bits per heavy atom. The molecule has 1 aliphatic rings. The smallest absolute Gasteiger partial charge is 0.256 e. The first-order valence-electron chi connectivity index (χ1n) is 14.3. The SMILES string of the molecule is CNC(=O)C[C@H](Cc1ccc2ccccc2c1)NC(=O)c1ccc(C)c(C(=O)Nc2cccc(Cl)c2N2CCCC2)c1. The van der Waals surface area contributed by atoms with Crippen molar-refractivity contribution in [2.24, 2.45) is 0 Å². The van der Waals surface area contributed by atoms with Gasteiger partial charge in [0, 0.05) is 43.7 Å². The molecule has 4 aromatic rings. The highest BCUT2D eigenvalue weighted by atomic mass is 35.5. The largest absolute Gasteiger partial charge is 0.369 e. The van der Waals surface area contributed by atoms with Crippen molar-refractivity contribution in [3.63, 3.8) is 0 Å². The molecule has 0 unspecified atom stereocenters. The zero-order valence-corrected chi connectivity index (χ0v) is 24.6. The lowest BCUT2D eigenvalue weighted by Crippen LogP contribution is -2.40. The van der Waals surface area contributed by atoms with Gasteiger partial charge in [-0.15, -0.1) is 0 Å². The van der Waals surface area contributed by atoms with Crippen LogP contribution in [0, 0.1) is 6.92 Å². The van der Waals surface area contributed by atoms with Crippen molar-refractivity contribution in [3.8, 4) is 0 Å². The van der Waals surface area contributed by atoms with E-state index in [-0.39, 0.29) is 24.1 Å². The molecular formula is C34H35ClN4O3. The summed E-state index contributed by atoms with van der Waals surface area (Å²) in [6.07, 6.45) is 2.77. The van der Waals surface area contributed by atoms with Crippen molar-refractivity contribution in [1.82, 2.24) is 10.6 Å². The lowest BCUT2D eigenvalue weighted by molar-refractivity contribution is -0.121. The van der Waals surface area contributed by atoms with Gasteiger partial charge in [0.25, 0.3) is 11.8 Å². The van der Waals surface area contributed by atoms with Crippen LogP contribution in [-0.2, 0) is 11.2 Å². The first-order chi connectivity index (χ1) is 20.3. The minimum atomic E-state index is -0.438. The minimum Gasteiger partial charge on any atom is -0.369 e. The number of nitrogens with zero attached hydrogens (tertiary/aromatic N) is 1. The van der Waals surface area contributed by atoms with Crippen molar-refractivity contribution in [2.75, 3.05) is 30.4 Å². The van der Waals surface area contributed by atoms with Crippen LogP contribution in [0.5, 0.6) is 0 Å². The summed E-state index contributed by atoms with van der Waals surface area (Å²) in [5.74, 6) is -0.831. The standard InChI is InChI=1S/C34H35ClN4O3/c1-22-12-14-26(20-28(22)34(42)38-30-11-7-10-29(35)32(30)39-16-5-6-17-39)33(41)37-27(21-31(40)36-2)19-23-13-15-24-8-3-4-9-25(24)18-23/h3-4,7-15,18,20,27H,5-6,16-17,19,21H2,1-2H3,(H,36,40)(H,37,41)(H,38,42)/t27-/m0/s1. The molecule has 4 aromatic carbocycles. The fraction of sp³-hybridized carbons (Fsp3) is 0.265. The van der Waals surface area contributed by atoms with Crippen LogP contribution in [0.2, 0.25) is 5.02 Å². The Hall–Kier alpha value is -4.36. The Morgan fingerprint density at radius 1 is 0.881 bits per heavy atom. The molecule has 8 heteroatoms. The van der Waals surface area contributed by atoms with Crippen LogP contribution in [0.4, 0.5) is 11.4 Å². The average molecular weight is 583 g/mol. The van der Waals surface area contributed by atoms with Crippen LogP contribution in [0.15, 0.2) is 78.9 Å². The average Bonchev–Trinajstić information content (AvgIpc) is 3.51. The molecule has 42 heavy (non-hydrogen) atoms. The number of halogens is 1. The van der Waals surface area contributed by atoms with Gasteiger partial charge in [-0.3, -0.25) is 14.4 Å². The summed E-state index contributed by atoms with van der Waals surface area (Å²) >= 11 is 6.54. The van der Waals surface area contributed by atoms with Gasteiger partial charge in [0.2, 0.25) is 5.91 Å². The van der Waals surface area contributed by atoms with Crippen LogP contribution in [0.3, 0.4) is 0 Å². The first kappa shape index (κ1) is 29.1. The van der Waals surface area contributed by atoms with E-state index in [4.69, 9.17) is 11.6 Å². The van der Waals surface area contributed by atoms with Gasteiger partial charge in [-0.05, 0) is 72.4 Å². The molecule has 1 aliphatic heterocycles. The Labute approximate surface area is 251 Å². The lowest BCUT2D eigenvalue weighted by Gasteiger charge is -2.23. The molecule has 0 radical (unpaired) electrons. The van der Waals surface area contributed by atoms with Gasteiger partial charge in [-0.1, -0.05) is 66.2 Å². The number of benzene rings is 4. The van der Waals surface area contributed by atoms with Gasteiger partial charge in [0.05, 0.1) is 16.4 Å². The molecule has 3 amide bonds. The quantitative estimate of drug-likeness (QED) is 0.221. The van der Waals surface area contributed by atoms with Gasteiger partial charge in [-0.2, -0.15) is 0 Å². The number of amides is 3. The fourth-order valence-electron chi connectivity index (χ4n) is 5.49. The highest BCUT2D eigenvalue weighted by Crippen LogP contribution is 2.36. The molecule has 5 rings (SSSR count). The second kappa shape index (κ2) is 13.1. The Bertz CT molecular complexity index is 1630. The maximum absolute atomic E-state index is 13.5. The van der Waals surface area contributed by atoms with Gasteiger partial charge < -0.3 is 20.9 Å². The molecule has 1 saturated heterocycles. The van der Waals surface area contributed by atoms with Crippen LogP contribution < -0.4 is 20.9 Å². The number of nitrogens with one attached hydrogen (secondary N) is 3. The molecule has 3 N–H and O–H groups in total. The molecule has 0 aromatic heterocycles. The molecule has 1 heterocycles. The van der Waals surface area contributed by atoms with E-state index in [0.717, 1.165) is 53.5 Å². The van der Waals surface area contributed by atoms with E-state index < -0.39 is 6.04 Å². The molecule has 0 bridgehead atoms. The van der Waals surface area contributed by atoms with Crippen LogP contribution in [0.1, 0.15) is 51.1 Å². The zero-order chi connectivity index (χ0) is 29.6.